The van der Waals surface area contributed by atoms with Gasteiger partial charge in [0.05, 0.1) is 0 Å². The quantitative estimate of drug-likeness (QED) is 0.0347. The molecule has 0 rings (SSSR count). The fraction of sp³-hybridized carbons (Fsp3) is 0.940. The predicted octanol–water partition coefficient (Wildman–Crippen LogP) is 15.9. The summed E-state index contributed by atoms with van der Waals surface area (Å²) in [5, 5.41) is 0. The number of carbonyl (C=O) groups is 3. The van der Waals surface area contributed by atoms with E-state index < -0.39 is 6.10 Å². The number of ether oxygens (including phenoxy) is 3. The summed E-state index contributed by atoms with van der Waals surface area (Å²) in [5.41, 5.74) is 0. The molecule has 0 aromatic heterocycles. The molecule has 0 bridgehead atoms. The molecule has 6 nitrogen and oxygen atoms in total. The summed E-state index contributed by atoms with van der Waals surface area (Å²) >= 11 is 0. The van der Waals surface area contributed by atoms with Gasteiger partial charge in [-0.05, 0) is 25.2 Å². The lowest BCUT2D eigenvalue weighted by Crippen LogP contribution is -2.30. The second-order valence-corrected chi connectivity index (χ2v) is 17.3. The molecule has 0 aromatic rings. The normalized spacial score (nSPS) is 12.4. The first-order chi connectivity index (χ1) is 27.4. The van der Waals surface area contributed by atoms with Crippen LogP contribution in [0.25, 0.3) is 0 Å². The first-order valence-electron chi connectivity index (χ1n) is 24.9. The Bertz CT molecular complexity index is 843. The molecular formula is C50H96O6. The van der Waals surface area contributed by atoms with Gasteiger partial charge in [-0.1, -0.05) is 240 Å². The van der Waals surface area contributed by atoms with Crippen molar-refractivity contribution in [3.63, 3.8) is 0 Å². The molecule has 56 heavy (non-hydrogen) atoms. The monoisotopic (exact) mass is 793 g/mol. The second-order valence-electron chi connectivity index (χ2n) is 17.3. The Morgan fingerprint density at radius 1 is 0.357 bits per heavy atom. The Morgan fingerprint density at radius 2 is 0.625 bits per heavy atom. The van der Waals surface area contributed by atoms with Gasteiger partial charge in [-0.15, -0.1) is 0 Å². The molecule has 0 heterocycles. The summed E-state index contributed by atoms with van der Waals surface area (Å²) in [7, 11) is 0. The van der Waals surface area contributed by atoms with Crippen LogP contribution in [0.2, 0.25) is 0 Å². The van der Waals surface area contributed by atoms with Crippen molar-refractivity contribution in [2.75, 3.05) is 13.2 Å². The molecule has 1 unspecified atom stereocenters. The molecule has 0 spiro atoms. The van der Waals surface area contributed by atoms with Gasteiger partial charge in [0.25, 0.3) is 0 Å². The standard InChI is InChI=1S/C50H96O6/c1-5-8-10-12-14-25-30-33-37-41-48(51)54-44-47(56-50(53)43-39-35-28-13-11-9-6-2)45-55-49(52)42-38-34-31-27-24-22-20-18-16-15-17-19-21-23-26-29-32-36-40-46(4)7-3/h46-47H,5-45H2,1-4H3/t46?,47-/m1/s1. The molecule has 0 fully saturated rings. The number of hydrogen-bond acceptors (Lipinski definition) is 6. The Hall–Kier alpha value is -1.59. The van der Waals surface area contributed by atoms with E-state index in [2.05, 4.69) is 27.7 Å². The summed E-state index contributed by atoms with van der Waals surface area (Å²) in [4.78, 5) is 37.6. The minimum atomic E-state index is -0.757. The van der Waals surface area contributed by atoms with Gasteiger partial charge in [0.2, 0.25) is 0 Å². The van der Waals surface area contributed by atoms with Crippen LogP contribution in [-0.2, 0) is 28.6 Å². The number of rotatable bonds is 45. The highest BCUT2D eigenvalue weighted by Crippen LogP contribution is 2.17. The fourth-order valence-corrected chi connectivity index (χ4v) is 7.48. The lowest BCUT2D eigenvalue weighted by molar-refractivity contribution is -0.167. The zero-order chi connectivity index (χ0) is 41.0. The zero-order valence-electron chi connectivity index (χ0n) is 38.1. The van der Waals surface area contributed by atoms with Crippen LogP contribution < -0.4 is 0 Å². The average Bonchev–Trinajstić information content (AvgIpc) is 3.19. The number of esters is 3. The summed E-state index contributed by atoms with van der Waals surface area (Å²) in [6.45, 7) is 9.01. The SMILES string of the molecule is CCCCCCCCCCCC(=O)OC[C@H](COC(=O)CCCCCCCCCCCCCCCCCCCCC(C)CC)OC(=O)CCCCCCCCC. The molecule has 0 amide bonds. The van der Waals surface area contributed by atoms with Crippen LogP contribution in [0.4, 0.5) is 0 Å². The Kier molecular flexibility index (Phi) is 43.2. The van der Waals surface area contributed by atoms with E-state index in [-0.39, 0.29) is 31.1 Å². The first kappa shape index (κ1) is 54.4. The van der Waals surface area contributed by atoms with Crippen LogP contribution in [0, 0.1) is 5.92 Å². The molecule has 0 saturated heterocycles. The van der Waals surface area contributed by atoms with Crippen molar-refractivity contribution in [3.05, 3.63) is 0 Å². The van der Waals surface area contributed by atoms with E-state index in [1.807, 2.05) is 0 Å². The summed E-state index contributed by atoms with van der Waals surface area (Å²) < 4.78 is 16.7. The van der Waals surface area contributed by atoms with Gasteiger partial charge in [-0.3, -0.25) is 14.4 Å². The highest BCUT2D eigenvalue weighted by Gasteiger charge is 2.19. The molecule has 0 saturated carbocycles. The average molecular weight is 793 g/mol. The minimum absolute atomic E-state index is 0.0638. The van der Waals surface area contributed by atoms with Crippen LogP contribution >= 0.6 is 0 Å². The molecule has 6 heteroatoms. The summed E-state index contributed by atoms with van der Waals surface area (Å²) in [6.07, 6.45) is 45.4. The highest BCUT2D eigenvalue weighted by atomic mass is 16.6. The smallest absolute Gasteiger partial charge is 0.306 e. The molecule has 2 atom stereocenters. The number of unbranched alkanes of at least 4 members (excludes halogenated alkanes) is 31. The molecule has 0 N–H and O–H groups in total. The summed E-state index contributed by atoms with van der Waals surface area (Å²) in [5.74, 6) is 0.0512. The van der Waals surface area contributed by atoms with Crippen LogP contribution in [0.15, 0.2) is 0 Å². The highest BCUT2D eigenvalue weighted by molar-refractivity contribution is 5.71. The number of hydrogen-bond donors (Lipinski definition) is 0. The van der Waals surface area contributed by atoms with E-state index >= 15 is 0 Å². The van der Waals surface area contributed by atoms with Crippen molar-refractivity contribution in [1.82, 2.24) is 0 Å². The number of carbonyl (C=O) groups excluding carboxylic acids is 3. The lowest BCUT2D eigenvalue weighted by Gasteiger charge is -2.18. The third-order valence-corrected chi connectivity index (χ3v) is 11.7. The van der Waals surface area contributed by atoms with E-state index in [0.717, 1.165) is 63.7 Å². The van der Waals surface area contributed by atoms with E-state index in [1.165, 1.54) is 173 Å². The van der Waals surface area contributed by atoms with Gasteiger partial charge in [-0.2, -0.15) is 0 Å². The third-order valence-electron chi connectivity index (χ3n) is 11.7. The maximum Gasteiger partial charge on any atom is 0.306 e. The Morgan fingerprint density at radius 3 is 0.929 bits per heavy atom. The predicted molar refractivity (Wildman–Crippen MR) is 238 cm³/mol. The van der Waals surface area contributed by atoms with E-state index in [1.54, 1.807) is 0 Å². The van der Waals surface area contributed by atoms with Crippen molar-refractivity contribution in [2.24, 2.45) is 5.92 Å². The van der Waals surface area contributed by atoms with Gasteiger partial charge in [0.15, 0.2) is 6.10 Å². The molecule has 0 aliphatic carbocycles. The van der Waals surface area contributed by atoms with Crippen LogP contribution in [0.5, 0.6) is 0 Å². The summed E-state index contributed by atoms with van der Waals surface area (Å²) in [6, 6.07) is 0. The van der Waals surface area contributed by atoms with Crippen molar-refractivity contribution < 1.29 is 28.6 Å². The van der Waals surface area contributed by atoms with Gasteiger partial charge >= 0.3 is 17.9 Å². The first-order valence-corrected chi connectivity index (χ1v) is 24.9. The maximum atomic E-state index is 12.6. The van der Waals surface area contributed by atoms with Crippen molar-refractivity contribution in [1.29, 1.82) is 0 Å². The molecule has 0 aliphatic rings. The van der Waals surface area contributed by atoms with E-state index in [4.69, 9.17) is 14.2 Å². The molecular weight excluding hydrogens is 697 g/mol. The maximum absolute atomic E-state index is 12.6. The Balaban J connectivity index is 4.05. The van der Waals surface area contributed by atoms with Crippen LogP contribution in [-0.4, -0.2) is 37.2 Å². The van der Waals surface area contributed by atoms with E-state index in [0.29, 0.717) is 19.3 Å². The van der Waals surface area contributed by atoms with Crippen molar-refractivity contribution >= 4 is 17.9 Å². The topological polar surface area (TPSA) is 78.9 Å². The molecule has 332 valence electrons. The minimum Gasteiger partial charge on any atom is -0.462 e. The fourth-order valence-electron chi connectivity index (χ4n) is 7.48. The molecule has 0 aliphatic heterocycles. The van der Waals surface area contributed by atoms with Crippen molar-refractivity contribution in [3.8, 4) is 0 Å². The zero-order valence-corrected chi connectivity index (χ0v) is 38.1. The largest absolute Gasteiger partial charge is 0.462 e. The Labute approximate surface area is 348 Å². The van der Waals surface area contributed by atoms with E-state index in [9.17, 15) is 14.4 Å². The van der Waals surface area contributed by atoms with Gasteiger partial charge in [0, 0.05) is 19.3 Å². The van der Waals surface area contributed by atoms with Crippen LogP contribution in [0.3, 0.4) is 0 Å². The van der Waals surface area contributed by atoms with Gasteiger partial charge in [-0.25, -0.2) is 0 Å². The molecule has 0 aromatic carbocycles. The third kappa shape index (κ3) is 42.0. The van der Waals surface area contributed by atoms with Gasteiger partial charge in [0.1, 0.15) is 13.2 Å². The van der Waals surface area contributed by atoms with Crippen LogP contribution in [0.1, 0.15) is 278 Å². The molecule has 0 radical (unpaired) electrons. The second kappa shape index (κ2) is 44.5. The van der Waals surface area contributed by atoms with Gasteiger partial charge < -0.3 is 14.2 Å². The van der Waals surface area contributed by atoms with Crippen molar-refractivity contribution in [2.45, 2.75) is 284 Å². The lowest BCUT2D eigenvalue weighted by atomic mass is 9.99.